The van der Waals surface area contributed by atoms with Crippen LogP contribution in [0.3, 0.4) is 0 Å². The van der Waals surface area contributed by atoms with Crippen molar-refractivity contribution in [3.05, 3.63) is 64.2 Å². The smallest absolute Gasteiger partial charge is 0.345 e. The minimum atomic E-state index is -2.54. The first-order chi connectivity index (χ1) is 12.4. The number of nitrogens with zero attached hydrogens (tertiary/aromatic N) is 1. The van der Waals surface area contributed by atoms with Gasteiger partial charge < -0.3 is 10.1 Å². The average Bonchev–Trinajstić information content (AvgIpc) is 2.61. The van der Waals surface area contributed by atoms with Crippen molar-refractivity contribution >= 4 is 35.0 Å². The van der Waals surface area contributed by atoms with E-state index in [4.69, 9.17) is 4.74 Å². The zero-order valence-corrected chi connectivity index (χ0v) is 13.9. The molecule has 0 aliphatic rings. The second-order valence-corrected chi connectivity index (χ2v) is 5.86. The fourth-order valence-electron chi connectivity index (χ4n) is 1.93. The third kappa shape index (κ3) is 5.52. The number of rotatable bonds is 7. The second-order valence-electron chi connectivity index (χ2n) is 4.80. The SMILES string of the molecule is O=C(COC(=O)c1ccccc1[N+](=O)[O-])Nc1ccc(SC(F)F)cc1. The first kappa shape index (κ1) is 19.3. The van der Waals surface area contributed by atoms with Gasteiger partial charge in [-0.05, 0) is 30.3 Å². The Morgan fingerprint density at radius 3 is 2.42 bits per heavy atom. The number of esters is 1. The molecular formula is C16H12F2N2O5S. The molecule has 0 saturated carbocycles. The first-order valence-electron chi connectivity index (χ1n) is 7.12. The summed E-state index contributed by atoms with van der Waals surface area (Å²) in [5.41, 5.74) is -0.362. The monoisotopic (exact) mass is 382 g/mol. The maximum absolute atomic E-state index is 12.2. The molecule has 0 fully saturated rings. The Labute approximate surface area is 150 Å². The van der Waals surface area contributed by atoms with E-state index in [0.29, 0.717) is 22.3 Å². The molecule has 2 rings (SSSR count). The lowest BCUT2D eigenvalue weighted by Crippen LogP contribution is -2.21. The van der Waals surface area contributed by atoms with E-state index in [1.807, 2.05) is 0 Å². The molecule has 0 saturated heterocycles. The van der Waals surface area contributed by atoms with Crippen LogP contribution < -0.4 is 5.32 Å². The highest BCUT2D eigenvalue weighted by Gasteiger charge is 2.21. The predicted octanol–water partition coefficient (Wildman–Crippen LogP) is 3.71. The lowest BCUT2D eigenvalue weighted by atomic mass is 10.2. The molecule has 0 atom stereocenters. The van der Waals surface area contributed by atoms with Crippen LogP contribution in [0.25, 0.3) is 0 Å². The maximum Gasteiger partial charge on any atom is 0.345 e. The lowest BCUT2D eigenvalue weighted by molar-refractivity contribution is -0.385. The van der Waals surface area contributed by atoms with Gasteiger partial charge in [-0.25, -0.2) is 4.79 Å². The molecule has 1 N–H and O–H groups in total. The van der Waals surface area contributed by atoms with E-state index in [0.717, 1.165) is 6.07 Å². The molecule has 7 nitrogen and oxygen atoms in total. The number of anilines is 1. The van der Waals surface area contributed by atoms with Gasteiger partial charge in [-0.3, -0.25) is 14.9 Å². The topological polar surface area (TPSA) is 98.5 Å². The fourth-order valence-corrected chi connectivity index (χ4v) is 2.43. The van der Waals surface area contributed by atoms with E-state index in [-0.39, 0.29) is 5.56 Å². The molecule has 2 aromatic carbocycles. The van der Waals surface area contributed by atoms with Gasteiger partial charge in [0.2, 0.25) is 0 Å². The van der Waals surface area contributed by atoms with Gasteiger partial charge in [-0.1, -0.05) is 23.9 Å². The zero-order valence-electron chi connectivity index (χ0n) is 13.1. The van der Waals surface area contributed by atoms with E-state index >= 15 is 0 Å². The zero-order chi connectivity index (χ0) is 19.1. The number of nitro benzene ring substituents is 1. The van der Waals surface area contributed by atoms with Gasteiger partial charge in [0.15, 0.2) is 6.61 Å². The van der Waals surface area contributed by atoms with Gasteiger partial charge in [0.05, 0.1) is 4.92 Å². The third-order valence-corrected chi connectivity index (χ3v) is 3.74. The van der Waals surface area contributed by atoms with Crippen LogP contribution >= 0.6 is 11.8 Å². The van der Waals surface area contributed by atoms with Gasteiger partial charge in [0.1, 0.15) is 5.56 Å². The number of hydrogen-bond acceptors (Lipinski definition) is 6. The molecule has 0 heterocycles. The predicted molar refractivity (Wildman–Crippen MR) is 90.3 cm³/mol. The number of nitrogens with one attached hydrogen (secondary N) is 1. The Hall–Kier alpha value is -3.01. The second kappa shape index (κ2) is 8.90. The number of alkyl halides is 2. The number of amides is 1. The summed E-state index contributed by atoms with van der Waals surface area (Å²) in [4.78, 5) is 34.2. The molecule has 136 valence electrons. The molecule has 0 unspecified atom stereocenters. The molecular weight excluding hydrogens is 370 g/mol. The van der Waals surface area contributed by atoms with Crippen molar-refractivity contribution in [2.24, 2.45) is 0 Å². The molecule has 2 aromatic rings. The van der Waals surface area contributed by atoms with E-state index in [2.05, 4.69) is 5.32 Å². The minimum absolute atomic E-state index is 0.265. The summed E-state index contributed by atoms with van der Waals surface area (Å²) in [5.74, 6) is -4.22. The summed E-state index contributed by atoms with van der Waals surface area (Å²) in [6.07, 6.45) is 0. The summed E-state index contributed by atoms with van der Waals surface area (Å²) in [6, 6.07) is 10.9. The standard InChI is InChI=1S/C16H12F2N2O5S/c17-16(18)26-11-7-5-10(6-8-11)19-14(21)9-25-15(22)12-3-1-2-4-13(12)20(23)24/h1-8,16H,9H2,(H,19,21). The molecule has 0 aromatic heterocycles. The number of nitro groups is 1. The number of ether oxygens (including phenoxy) is 1. The summed E-state index contributed by atoms with van der Waals surface area (Å²) in [5, 5.41) is 13.3. The van der Waals surface area contributed by atoms with Crippen molar-refractivity contribution in [2.75, 3.05) is 11.9 Å². The van der Waals surface area contributed by atoms with Crippen molar-refractivity contribution in [1.82, 2.24) is 0 Å². The van der Waals surface area contributed by atoms with E-state index in [9.17, 15) is 28.5 Å². The number of para-hydroxylation sites is 1. The van der Waals surface area contributed by atoms with E-state index in [1.54, 1.807) is 0 Å². The van der Waals surface area contributed by atoms with Crippen molar-refractivity contribution in [1.29, 1.82) is 0 Å². The Kier molecular flexibility index (Phi) is 6.61. The Morgan fingerprint density at radius 1 is 1.15 bits per heavy atom. The molecule has 0 aliphatic heterocycles. The van der Waals surface area contributed by atoms with Crippen LogP contribution in [-0.4, -0.2) is 29.2 Å². The Morgan fingerprint density at radius 2 is 1.81 bits per heavy atom. The van der Waals surface area contributed by atoms with Crippen molar-refractivity contribution in [3.63, 3.8) is 0 Å². The van der Waals surface area contributed by atoms with E-state index < -0.39 is 34.9 Å². The van der Waals surface area contributed by atoms with Crippen LogP contribution in [0.15, 0.2) is 53.4 Å². The minimum Gasteiger partial charge on any atom is -0.452 e. The van der Waals surface area contributed by atoms with Crippen LogP contribution in [0.5, 0.6) is 0 Å². The lowest BCUT2D eigenvalue weighted by Gasteiger charge is -2.07. The molecule has 0 radical (unpaired) electrons. The van der Waals surface area contributed by atoms with Gasteiger partial charge in [-0.15, -0.1) is 0 Å². The molecule has 0 bridgehead atoms. The van der Waals surface area contributed by atoms with Crippen molar-refractivity contribution < 1.29 is 28.0 Å². The molecule has 0 spiro atoms. The molecule has 26 heavy (non-hydrogen) atoms. The summed E-state index contributed by atoms with van der Waals surface area (Å²) in [6.45, 7) is -0.654. The highest BCUT2D eigenvalue weighted by molar-refractivity contribution is 7.99. The number of hydrogen-bond donors (Lipinski definition) is 1. The number of carbonyl (C=O) groups is 2. The molecule has 0 aliphatic carbocycles. The largest absolute Gasteiger partial charge is 0.452 e. The Bertz CT molecular complexity index is 815. The highest BCUT2D eigenvalue weighted by Crippen LogP contribution is 2.26. The van der Waals surface area contributed by atoms with Crippen molar-refractivity contribution in [3.8, 4) is 0 Å². The average molecular weight is 382 g/mol. The van der Waals surface area contributed by atoms with Crippen LogP contribution in [0.1, 0.15) is 10.4 Å². The van der Waals surface area contributed by atoms with E-state index in [1.165, 1.54) is 42.5 Å². The normalized spacial score (nSPS) is 10.4. The number of benzene rings is 2. The van der Waals surface area contributed by atoms with Gasteiger partial charge in [-0.2, -0.15) is 8.78 Å². The fraction of sp³-hybridized carbons (Fsp3) is 0.125. The molecule has 10 heteroatoms. The van der Waals surface area contributed by atoms with Crippen LogP contribution in [0, 0.1) is 10.1 Å². The quantitative estimate of drug-likeness (QED) is 0.339. The van der Waals surface area contributed by atoms with Crippen LogP contribution in [0.4, 0.5) is 20.2 Å². The summed E-state index contributed by atoms with van der Waals surface area (Å²) < 4.78 is 29.2. The van der Waals surface area contributed by atoms with Crippen LogP contribution in [-0.2, 0) is 9.53 Å². The molecule has 1 amide bonds. The van der Waals surface area contributed by atoms with Gasteiger partial charge >= 0.3 is 5.97 Å². The number of carbonyl (C=O) groups excluding carboxylic acids is 2. The first-order valence-corrected chi connectivity index (χ1v) is 8.00. The highest BCUT2D eigenvalue weighted by atomic mass is 32.2. The summed E-state index contributed by atoms with van der Waals surface area (Å²) >= 11 is 0.371. The van der Waals surface area contributed by atoms with Gasteiger partial charge in [0, 0.05) is 16.6 Å². The van der Waals surface area contributed by atoms with Gasteiger partial charge in [0.25, 0.3) is 17.4 Å². The summed E-state index contributed by atoms with van der Waals surface area (Å²) in [7, 11) is 0. The maximum atomic E-state index is 12.2. The Balaban J connectivity index is 1.91. The third-order valence-electron chi connectivity index (χ3n) is 3.02. The number of thioether (sulfide) groups is 1. The van der Waals surface area contributed by atoms with Crippen molar-refractivity contribution in [2.45, 2.75) is 10.7 Å². The number of halogens is 2. The van der Waals surface area contributed by atoms with Crippen LogP contribution in [0.2, 0.25) is 0 Å².